The van der Waals surface area contributed by atoms with E-state index in [1.165, 1.54) is 4.90 Å². The van der Waals surface area contributed by atoms with Crippen LogP contribution in [0.5, 0.6) is 0 Å². The van der Waals surface area contributed by atoms with Gasteiger partial charge in [-0.3, -0.25) is 4.79 Å². The van der Waals surface area contributed by atoms with E-state index in [1.54, 1.807) is 0 Å². The second-order valence-electron chi connectivity index (χ2n) is 5.65. The Hall–Kier alpha value is -0.670. The number of carbonyl (C=O) groups is 1. The quantitative estimate of drug-likeness (QED) is 0.446. The summed E-state index contributed by atoms with van der Waals surface area (Å²) < 4.78 is 50.8. The molecule has 0 aromatic carbocycles. The summed E-state index contributed by atoms with van der Waals surface area (Å²) in [6, 6.07) is -0.237. The van der Waals surface area contributed by atoms with Crippen molar-refractivity contribution in [2.24, 2.45) is 0 Å². The predicted octanol–water partition coefficient (Wildman–Crippen LogP) is -0.774. The Labute approximate surface area is 125 Å². The first kappa shape index (κ1) is 16.7. The van der Waals surface area contributed by atoms with Crippen LogP contribution in [0.3, 0.4) is 0 Å². The van der Waals surface area contributed by atoms with Gasteiger partial charge in [0.2, 0.25) is 6.41 Å². The summed E-state index contributed by atoms with van der Waals surface area (Å²) in [6.07, 6.45) is 2.03. The average Bonchev–Trinajstić information content (AvgIpc) is 2.92. The number of carbonyl (C=O) groups excluding carboxylic acids is 1. The number of ether oxygens (including phenoxy) is 1. The molecule has 122 valence electrons. The van der Waals surface area contributed by atoms with E-state index >= 15 is 0 Å². The first-order valence-electron chi connectivity index (χ1n) is 7.05. The molecule has 0 saturated carbocycles. The lowest BCUT2D eigenvalue weighted by atomic mass is 10.2. The highest BCUT2D eigenvalue weighted by Crippen LogP contribution is 2.17. The van der Waals surface area contributed by atoms with Crippen molar-refractivity contribution in [3.63, 3.8) is 0 Å². The van der Waals surface area contributed by atoms with E-state index in [9.17, 15) is 21.6 Å². The summed E-state index contributed by atoms with van der Waals surface area (Å²) in [6.45, 7) is 0.813. The molecule has 0 aromatic rings. The molecule has 0 N–H and O–H groups in total. The van der Waals surface area contributed by atoms with Crippen molar-refractivity contribution in [3.8, 4) is 0 Å². The molecule has 2 atom stereocenters. The zero-order chi connectivity index (χ0) is 15.5. The SMILES string of the molecule is O=CN(CCCO[C@@H]1CCS(=O)(=O)C1)[C@H]1CCS(=O)(=O)C1. The Bertz CT molecular complexity index is 571. The fourth-order valence-electron chi connectivity index (χ4n) is 2.75. The van der Waals surface area contributed by atoms with Crippen LogP contribution < -0.4 is 0 Å². The predicted molar refractivity (Wildman–Crippen MR) is 77.5 cm³/mol. The largest absolute Gasteiger partial charge is 0.377 e. The topological polar surface area (TPSA) is 97.8 Å². The third-order valence-electron chi connectivity index (χ3n) is 3.92. The number of amides is 1. The van der Waals surface area contributed by atoms with Gasteiger partial charge in [-0.2, -0.15) is 0 Å². The summed E-state index contributed by atoms with van der Waals surface area (Å²) >= 11 is 0. The van der Waals surface area contributed by atoms with Crippen LogP contribution in [0.15, 0.2) is 0 Å². The highest BCUT2D eigenvalue weighted by molar-refractivity contribution is 7.91. The van der Waals surface area contributed by atoms with Gasteiger partial charge >= 0.3 is 0 Å². The number of hydrogen-bond acceptors (Lipinski definition) is 6. The van der Waals surface area contributed by atoms with Crippen LogP contribution in [-0.4, -0.2) is 76.5 Å². The molecule has 2 fully saturated rings. The molecule has 2 aliphatic rings. The average molecular weight is 339 g/mol. The summed E-state index contributed by atoms with van der Waals surface area (Å²) in [4.78, 5) is 12.6. The zero-order valence-corrected chi connectivity index (χ0v) is 13.4. The minimum atomic E-state index is -3.01. The van der Waals surface area contributed by atoms with Crippen molar-refractivity contribution in [2.75, 3.05) is 36.2 Å². The van der Waals surface area contributed by atoms with Gasteiger partial charge in [0.15, 0.2) is 19.7 Å². The maximum absolute atomic E-state index is 11.4. The molecule has 1 amide bonds. The fourth-order valence-corrected chi connectivity index (χ4v) is 6.11. The van der Waals surface area contributed by atoms with Crippen molar-refractivity contribution in [1.82, 2.24) is 4.90 Å². The van der Waals surface area contributed by atoms with Crippen LogP contribution in [0.2, 0.25) is 0 Å². The van der Waals surface area contributed by atoms with Crippen molar-refractivity contribution in [3.05, 3.63) is 0 Å². The first-order chi connectivity index (χ1) is 9.81. The molecule has 0 aromatic heterocycles. The number of hydrogen-bond donors (Lipinski definition) is 0. The van der Waals surface area contributed by atoms with E-state index in [0.717, 1.165) is 0 Å². The fraction of sp³-hybridized carbons (Fsp3) is 0.917. The van der Waals surface area contributed by atoms with E-state index in [4.69, 9.17) is 4.74 Å². The highest BCUT2D eigenvalue weighted by atomic mass is 32.2. The van der Waals surface area contributed by atoms with Gasteiger partial charge in [-0.15, -0.1) is 0 Å². The molecule has 2 rings (SSSR count). The van der Waals surface area contributed by atoms with Crippen LogP contribution in [0.4, 0.5) is 0 Å². The van der Waals surface area contributed by atoms with Gasteiger partial charge in [-0.25, -0.2) is 16.8 Å². The minimum absolute atomic E-state index is 0.0352. The van der Waals surface area contributed by atoms with Crippen LogP contribution in [-0.2, 0) is 29.2 Å². The van der Waals surface area contributed by atoms with Crippen molar-refractivity contribution in [1.29, 1.82) is 0 Å². The van der Waals surface area contributed by atoms with Crippen molar-refractivity contribution in [2.45, 2.75) is 31.4 Å². The Morgan fingerprint density at radius 1 is 1.05 bits per heavy atom. The van der Waals surface area contributed by atoms with Crippen molar-refractivity contribution < 1.29 is 26.4 Å². The summed E-state index contributed by atoms with van der Waals surface area (Å²) in [5.74, 6) is 0.426. The number of nitrogens with zero attached hydrogens (tertiary/aromatic N) is 1. The van der Waals surface area contributed by atoms with E-state index in [0.29, 0.717) is 38.8 Å². The molecule has 0 aliphatic carbocycles. The molecule has 21 heavy (non-hydrogen) atoms. The normalized spacial score (nSPS) is 30.3. The summed E-state index contributed by atoms with van der Waals surface area (Å²) in [5.41, 5.74) is 0. The molecule has 0 unspecified atom stereocenters. The molecule has 9 heteroatoms. The second-order valence-corrected chi connectivity index (χ2v) is 10.1. The molecular formula is C12H21NO6S2. The summed E-state index contributed by atoms with van der Waals surface area (Å²) in [7, 11) is -5.94. The van der Waals surface area contributed by atoms with Crippen LogP contribution in [0.1, 0.15) is 19.3 Å². The molecule has 0 radical (unpaired) electrons. The molecule has 2 saturated heterocycles. The smallest absolute Gasteiger partial charge is 0.209 e. The Kier molecular flexibility index (Phi) is 5.26. The third-order valence-corrected chi connectivity index (χ3v) is 7.41. The standard InChI is InChI=1S/C12H21NO6S2/c14-10-13(11-2-6-20(15,16)8-11)4-1-5-19-12-3-7-21(17,18)9-12/h10-12H,1-9H2/t11-,12+/m0/s1. The van der Waals surface area contributed by atoms with E-state index in [2.05, 4.69) is 0 Å². The lowest BCUT2D eigenvalue weighted by Gasteiger charge is -2.23. The van der Waals surface area contributed by atoms with Crippen LogP contribution in [0, 0.1) is 0 Å². The summed E-state index contributed by atoms with van der Waals surface area (Å²) in [5, 5.41) is 0. The number of rotatable bonds is 7. The first-order valence-corrected chi connectivity index (χ1v) is 10.7. The molecular weight excluding hydrogens is 318 g/mol. The Morgan fingerprint density at radius 2 is 1.71 bits per heavy atom. The second kappa shape index (κ2) is 6.62. The minimum Gasteiger partial charge on any atom is -0.377 e. The highest BCUT2D eigenvalue weighted by Gasteiger charge is 2.32. The van der Waals surface area contributed by atoms with Gasteiger partial charge in [0, 0.05) is 19.2 Å². The zero-order valence-electron chi connectivity index (χ0n) is 11.8. The molecule has 2 heterocycles. The van der Waals surface area contributed by atoms with E-state index in [-0.39, 0.29) is 35.2 Å². The van der Waals surface area contributed by atoms with Gasteiger partial charge in [0.1, 0.15) is 0 Å². The third kappa shape index (κ3) is 4.93. The van der Waals surface area contributed by atoms with Crippen LogP contribution >= 0.6 is 0 Å². The molecule has 0 spiro atoms. The molecule has 7 nitrogen and oxygen atoms in total. The van der Waals surface area contributed by atoms with E-state index in [1.807, 2.05) is 0 Å². The lowest BCUT2D eigenvalue weighted by molar-refractivity contribution is -0.120. The monoisotopic (exact) mass is 339 g/mol. The van der Waals surface area contributed by atoms with Crippen LogP contribution in [0.25, 0.3) is 0 Å². The lowest BCUT2D eigenvalue weighted by Crippen LogP contribution is -2.36. The van der Waals surface area contributed by atoms with Crippen molar-refractivity contribution >= 4 is 26.1 Å². The Balaban J connectivity index is 1.69. The molecule has 2 aliphatic heterocycles. The maximum atomic E-state index is 11.4. The van der Waals surface area contributed by atoms with Gasteiger partial charge in [0.25, 0.3) is 0 Å². The van der Waals surface area contributed by atoms with Gasteiger partial charge in [0.05, 0.1) is 29.1 Å². The van der Waals surface area contributed by atoms with Gasteiger partial charge in [-0.05, 0) is 19.3 Å². The van der Waals surface area contributed by atoms with Gasteiger partial charge in [-0.1, -0.05) is 0 Å². The maximum Gasteiger partial charge on any atom is 0.209 e. The van der Waals surface area contributed by atoms with Gasteiger partial charge < -0.3 is 9.64 Å². The molecule has 0 bridgehead atoms. The number of sulfone groups is 2. The Morgan fingerprint density at radius 3 is 2.24 bits per heavy atom. The van der Waals surface area contributed by atoms with E-state index < -0.39 is 19.7 Å².